The molecule has 2 aliphatic carbocycles. The van der Waals surface area contributed by atoms with E-state index >= 15 is 0 Å². The van der Waals surface area contributed by atoms with Crippen molar-refractivity contribution in [3.8, 4) is 6.07 Å². The van der Waals surface area contributed by atoms with E-state index in [9.17, 15) is 10.4 Å². The maximum Gasteiger partial charge on any atom is 0.224 e. The van der Waals surface area contributed by atoms with Gasteiger partial charge in [0.05, 0.1) is 22.0 Å². The van der Waals surface area contributed by atoms with Gasteiger partial charge >= 0.3 is 0 Å². The Morgan fingerprint density at radius 3 is 2.81 bits per heavy atom. The van der Waals surface area contributed by atoms with Crippen LogP contribution in [0.15, 0.2) is 6.20 Å². The minimum absolute atomic E-state index is 0.0565. The molecule has 2 aliphatic rings. The summed E-state index contributed by atoms with van der Waals surface area (Å²) in [4.78, 5) is 8.75. The molecule has 0 radical (unpaired) electrons. The fraction of sp³-hybridized carbons (Fsp3) is 0.737. The van der Waals surface area contributed by atoms with Gasteiger partial charge in [-0.2, -0.15) is 10.2 Å². The van der Waals surface area contributed by atoms with Gasteiger partial charge in [0.15, 0.2) is 0 Å². The molecule has 3 rings (SSSR count). The zero-order valence-electron chi connectivity index (χ0n) is 18.2. The first kappa shape index (κ1) is 15.2. The number of nitrogens with zero attached hydrogens (tertiary/aromatic N) is 3. The molecule has 0 unspecified atom stereocenters. The highest BCUT2D eigenvalue weighted by Gasteiger charge is 2.30. The number of methoxy groups -OCH3 is 1. The van der Waals surface area contributed by atoms with Crippen molar-refractivity contribution >= 4 is 11.8 Å². The minimum atomic E-state index is -2.36. The molecule has 7 heteroatoms. The fourth-order valence-electron chi connectivity index (χ4n) is 3.93. The van der Waals surface area contributed by atoms with Crippen LogP contribution in [0.25, 0.3) is 0 Å². The Balaban J connectivity index is 1.60. The summed E-state index contributed by atoms with van der Waals surface area (Å²) in [6, 6.07) is 2.30. The normalized spacial score (nSPS) is 34.0. The van der Waals surface area contributed by atoms with Gasteiger partial charge in [0.1, 0.15) is 17.5 Å². The molecule has 0 amide bonds. The molecule has 0 bridgehead atoms. The number of nitriles is 1. The molecule has 3 N–H and O–H groups in total. The van der Waals surface area contributed by atoms with Crippen molar-refractivity contribution in [3.63, 3.8) is 0 Å². The van der Waals surface area contributed by atoms with Crippen LogP contribution in [0, 0.1) is 11.3 Å². The first-order chi connectivity index (χ1) is 13.6. The molecule has 1 aromatic heterocycles. The molecule has 2 atom stereocenters. The molecule has 0 saturated heterocycles. The van der Waals surface area contributed by atoms with E-state index in [1.54, 1.807) is 0 Å². The zero-order valence-corrected chi connectivity index (χ0v) is 15.2. The summed E-state index contributed by atoms with van der Waals surface area (Å²) in [7, 11) is -2.36. The van der Waals surface area contributed by atoms with Crippen molar-refractivity contribution in [2.75, 3.05) is 17.7 Å². The van der Waals surface area contributed by atoms with E-state index in [2.05, 4.69) is 26.7 Å². The first-order valence-electron chi connectivity index (χ1n) is 10.8. The van der Waals surface area contributed by atoms with Crippen LogP contribution in [-0.2, 0) is 4.74 Å². The smallest absolute Gasteiger partial charge is 0.224 e. The van der Waals surface area contributed by atoms with Gasteiger partial charge in [0.2, 0.25) is 5.95 Å². The largest absolute Gasteiger partial charge is 0.390 e. The maximum absolute atomic E-state index is 10.3. The maximum atomic E-state index is 10.3. The van der Waals surface area contributed by atoms with Crippen LogP contribution in [0.3, 0.4) is 0 Å². The van der Waals surface area contributed by atoms with Crippen molar-refractivity contribution < 1.29 is 14.0 Å². The SMILES string of the molecule is [2H]C([2H])([2H])O[C@H]1CC[C@H](Nc2ncc(C#N)c(N[C@@H]3CCC[C@](C)(O)C3)n2)CC1. The van der Waals surface area contributed by atoms with E-state index in [0.717, 1.165) is 32.1 Å². The quantitative estimate of drug-likeness (QED) is 0.740. The summed E-state index contributed by atoms with van der Waals surface area (Å²) in [6.07, 6.45) is 7.32. The Kier molecular flexibility index (Phi) is 4.78. The monoisotopic (exact) mass is 362 g/mol. The van der Waals surface area contributed by atoms with Crippen LogP contribution in [0.2, 0.25) is 0 Å². The summed E-state index contributed by atoms with van der Waals surface area (Å²) < 4.78 is 26.8. The van der Waals surface area contributed by atoms with Crippen molar-refractivity contribution in [1.82, 2.24) is 9.97 Å². The molecule has 7 nitrogen and oxygen atoms in total. The lowest BCUT2D eigenvalue weighted by atomic mass is 9.83. The number of hydrogen-bond acceptors (Lipinski definition) is 7. The molecule has 142 valence electrons. The van der Waals surface area contributed by atoms with Gasteiger partial charge in [-0.15, -0.1) is 0 Å². The Hall–Kier alpha value is -1.91. The van der Waals surface area contributed by atoms with E-state index < -0.39 is 12.6 Å². The molecule has 26 heavy (non-hydrogen) atoms. The van der Waals surface area contributed by atoms with Gasteiger partial charge < -0.3 is 20.5 Å². The molecule has 1 aromatic rings. The van der Waals surface area contributed by atoms with E-state index in [1.807, 2.05) is 6.92 Å². The number of ether oxygens (including phenoxy) is 1. The van der Waals surface area contributed by atoms with Gasteiger partial charge in [-0.05, 0) is 58.3 Å². The summed E-state index contributed by atoms with van der Waals surface area (Å²) in [6.45, 7) is 1.84. The van der Waals surface area contributed by atoms with Crippen LogP contribution >= 0.6 is 0 Å². The molecular weight excluding hydrogens is 330 g/mol. The minimum Gasteiger partial charge on any atom is -0.390 e. The molecule has 0 aliphatic heterocycles. The predicted octanol–water partition coefficient (Wildman–Crippen LogP) is 2.82. The molecule has 2 fully saturated rings. The summed E-state index contributed by atoms with van der Waals surface area (Å²) in [5, 5.41) is 26.3. The van der Waals surface area contributed by atoms with Crippen LogP contribution in [0.1, 0.15) is 68.0 Å². The van der Waals surface area contributed by atoms with Crippen LogP contribution in [0.4, 0.5) is 11.8 Å². The number of aromatic nitrogens is 2. The average Bonchev–Trinajstić information content (AvgIpc) is 2.62. The lowest BCUT2D eigenvalue weighted by Crippen LogP contribution is -2.38. The third-order valence-electron chi connectivity index (χ3n) is 5.38. The van der Waals surface area contributed by atoms with Crippen molar-refractivity contribution in [2.45, 2.75) is 82.1 Å². The topological polar surface area (TPSA) is 103 Å². The second-order valence-electron chi connectivity index (χ2n) is 7.74. The first-order valence-corrected chi connectivity index (χ1v) is 9.34. The van der Waals surface area contributed by atoms with Crippen LogP contribution < -0.4 is 10.6 Å². The molecule has 0 spiro atoms. The van der Waals surface area contributed by atoms with Crippen LogP contribution in [-0.4, -0.2) is 45.9 Å². The van der Waals surface area contributed by atoms with Gasteiger partial charge in [-0.1, -0.05) is 0 Å². The van der Waals surface area contributed by atoms with Gasteiger partial charge in [0, 0.05) is 19.1 Å². The molecular formula is C19H29N5O2. The highest BCUT2D eigenvalue weighted by atomic mass is 16.5. The second-order valence-corrected chi connectivity index (χ2v) is 7.74. The summed E-state index contributed by atoms with van der Waals surface area (Å²) in [5.74, 6) is 0.918. The molecule has 1 heterocycles. The average molecular weight is 362 g/mol. The lowest BCUT2D eigenvalue weighted by Gasteiger charge is -2.34. The van der Waals surface area contributed by atoms with Gasteiger partial charge in [-0.3, -0.25) is 0 Å². The zero-order chi connectivity index (χ0) is 21.1. The number of nitrogens with one attached hydrogen (secondary N) is 2. The molecule has 2 saturated carbocycles. The predicted molar refractivity (Wildman–Crippen MR) is 99.9 cm³/mol. The second kappa shape index (κ2) is 8.19. The fourth-order valence-corrected chi connectivity index (χ4v) is 3.93. The highest BCUT2D eigenvalue weighted by molar-refractivity contribution is 5.54. The van der Waals surface area contributed by atoms with Gasteiger partial charge in [0.25, 0.3) is 0 Å². The summed E-state index contributed by atoms with van der Waals surface area (Å²) in [5.41, 5.74) is -0.331. The lowest BCUT2D eigenvalue weighted by molar-refractivity contribution is 0.0182. The number of anilines is 2. The third-order valence-corrected chi connectivity index (χ3v) is 5.38. The third kappa shape index (κ3) is 4.83. The van der Waals surface area contributed by atoms with E-state index in [0.29, 0.717) is 36.6 Å². The summed E-state index contributed by atoms with van der Waals surface area (Å²) >= 11 is 0. The Labute approximate surface area is 159 Å². The van der Waals surface area contributed by atoms with Crippen molar-refractivity contribution in [3.05, 3.63) is 11.8 Å². The van der Waals surface area contributed by atoms with Crippen LogP contribution in [0.5, 0.6) is 0 Å². The molecule has 0 aromatic carbocycles. The van der Waals surface area contributed by atoms with E-state index in [4.69, 9.17) is 8.85 Å². The Morgan fingerprint density at radius 1 is 1.31 bits per heavy atom. The van der Waals surface area contributed by atoms with Crippen molar-refractivity contribution in [1.29, 1.82) is 5.26 Å². The number of rotatable bonds is 5. The van der Waals surface area contributed by atoms with E-state index in [1.165, 1.54) is 6.20 Å². The highest BCUT2D eigenvalue weighted by Crippen LogP contribution is 2.30. The van der Waals surface area contributed by atoms with Gasteiger partial charge in [-0.25, -0.2) is 4.98 Å². The number of hydrogen-bond donors (Lipinski definition) is 3. The standard InChI is InChI=1S/C19H29N5O2/c1-19(25)9-3-4-15(10-19)22-17-13(11-20)12-21-18(24-17)23-14-5-7-16(26-2)8-6-14/h12,14-16,25H,3-10H2,1-2H3,(H2,21,22,23,24)/t14-,15-,16-,19+/m1/s1/i2D3. The van der Waals surface area contributed by atoms with Crippen molar-refractivity contribution in [2.24, 2.45) is 0 Å². The van der Waals surface area contributed by atoms with E-state index in [-0.39, 0.29) is 18.2 Å². The Bertz CT molecular complexity index is 742. The number of aliphatic hydroxyl groups is 1. The Morgan fingerprint density at radius 2 is 2.12 bits per heavy atom.